The van der Waals surface area contributed by atoms with Crippen molar-refractivity contribution in [1.29, 1.82) is 0 Å². The predicted octanol–water partition coefficient (Wildman–Crippen LogP) is 2.40. The molecule has 120 valence electrons. The van der Waals surface area contributed by atoms with Crippen LogP contribution in [0.5, 0.6) is 5.88 Å². The van der Waals surface area contributed by atoms with E-state index in [0.29, 0.717) is 18.7 Å². The van der Waals surface area contributed by atoms with Gasteiger partial charge < -0.3 is 9.64 Å². The fraction of sp³-hybridized carbons (Fsp3) is 0.267. The Hall–Kier alpha value is -2.64. The number of carbonyl (C=O) groups excluding carboxylic acids is 1. The summed E-state index contributed by atoms with van der Waals surface area (Å²) in [4.78, 5) is 21.3. The van der Waals surface area contributed by atoms with Gasteiger partial charge in [0, 0.05) is 24.7 Å². The highest BCUT2D eigenvalue weighted by atomic mass is 19.4. The van der Waals surface area contributed by atoms with E-state index >= 15 is 0 Å². The molecule has 1 fully saturated rings. The van der Waals surface area contributed by atoms with E-state index < -0.39 is 11.7 Å². The van der Waals surface area contributed by atoms with Crippen LogP contribution in [-0.4, -0.2) is 40.0 Å². The molecule has 8 heteroatoms. The number of nitrogens with zero attached hydrogens (tertiary/aromatic N) is 3. The molecular weight excluding hydrogens is 311 g/mol. The number of hydrogen-bond donors (Lipinski definition) is 0. The topological polar surface area (TPSA) is 55.3 Å². The van der Waals surface area contributed by atoms with E-state index in [1.54, 1.807) is 18.3 Å². The molecule has 2 aromatic heterocycles. The zero-order valence-corrected chi connectivity index (χ0v) is 11.8. The first-order chi connectivity index (χ1) is 10.9. The summed E-state index contributed by atoms with van der Waals surface area (Å²) in [7, 11) is 0. The predicted molar refractivity (Wildman–Crippen MR) is 73.8 cm³/mol. The van der Waals surface area contributed by atoms with Crippen molar-refractivity contribution >= 4 is 5.91 Å². The fourth-order valence-electron chi connectivity index (χ4n) is 2.17. The Morgan fingerprint density at radius 2 is 2.04 bits per heavy atom. The zero-order chi connectivity index (χ0) is 16.4. The van der Waals surface area contributed by atoms with Gasteiger partial charge in [-0.1, -0.05) is 0 Å². The van der Waals surface area contributed by atoms with Crippen LogP contribution in [0.15, 0.2) is 42.9 Å². The fourth-order valence-corrected chi connectivity index (χ4v) is 2.17. The van der Waals surface area contributed by atoms with Crippen LogP contribution < -0.4 is 4.74 Å². The number of halogens is 3. The zero-order valence-electron chi connectivity index (χ0n) is 11.8. The summed E-state index contributed by atoms with van der Waals surface area (Å²) in [5.41, 5.74) is -0.353. The van der Waals surface area contributed by atoms with Gasteiger partial charge in [0.2, 0.25) is 5.88 Å². The van der Waals surface area contributed by atoms with Crippen LogP contribution in [0.2, 0.25) is 0 Å². The van der Waals surface area contributed by atoms with Crippen molar-refractivity contribution in [3.05, 3.63) is 54.0 Å². The lowest BCUT2D eigenvalue weighted by molar-refractivity contribution is -0.137. The SMILES string of the molecule is O=C(c1cccnc1)N1CC(Oc2cc(C(F)(F)F)ccn2)C1. The summed E-state index contributed by atoms with van der Waals surface area (Å²) in [5, 5.41) is 0. The minimum Gasteiger partial charge on any atom is -0.471 e. The van der Waals surface area contributed by atoms with E-state index in [1.807, 2.05) is 0 Å². The lowest BCUT2D eigenvalue weighted by atomic mass is 10.1. The Balaban J connectivity index is 1.58. The van der Waals surface area contributed by atoms with Crippen LogP contribution in [0, 0.1) is 0 Å². The number of rotatable bonds is 3. The van der Waals surface area contributed by atoms with Crippen LogP contribution in [0.3, 0.4) is 0 Å². The van der Waals surface area contributed by atoms with Gasteiger partial charge in [-0.25, -0.2) is 4.98 Å². The van der Waals surface area contributed by atoms with E-state index in [4.69, 9.17) is 4.74 Å². The van der Waals surface area contributed by atoms with Crippen molar-refractivity contribution in [2.45, 2.75) is 12.3 Å². The molecule has 0 unspecified atom stereocenters. The van der Waals surface area contributed by atoms with Gasteiger partial charge in [0.05, 0.1) is 24.2 Å². The van der Waals surface area contributed by atoms with E-state index in [0.717, 1.165) is 18.3 Å². The van der Waals surface area contributed by atoms with Gasteiger partial charge in [-0.05, 0) is 18.2 Å². The first-order valence-corrected chi connectivity index (χ1v) is 6.83. The highest BCUT2D eigenvalue weighted by Gasteiger charge is 2.34. The highest BCUT2D eigenvalue weighted by molar-refractivity contribution is 5.94. The summed E-state index contributed by atoms with van der Waals surface area (Å²) in [5.74, 6) is -0.284. The van der Waals surface area contributed by atoms with Gasteiger partial charge in [0.25, 0.3) is 5.91 Å². The molecule has 1 amide bonds. The molecule has 3 rings (SSSR count). The number of likely N-dealkylation sites (tertiary alicyclic amines) is 1. The van der Waals surface area contributed by atoms with E-state index in [-0.39, 0.29) is 17.9 Å². The average Bonchev–Trinajstić information content (AvgIpc) is 2.50. The van der Waals surface area contributed by atoms with Gasteiger partial charge in [-0.15, -0.1) is 0 Å². The molecule has 0 atom stereocenters. The van der Waals surface area contributed by atoms with Crippen molar-refractivity contribution in [1.82, 2.24) is 14.9 Å². The molecule has 1 aliphatic heterocycles. The molecule has 2 aromatic rings. The molecule has 0 spiro atoms. The number of alkyl halides is 3. The van der Waals surface area contributed by atoms with E-state index in [2.05, 4.69) is 9.97 Å². The third-order valence-electron chi connectivity index (χ3n) is 3.39. The van der Waals surface area contributed by atoms with Crippen LogP contribution >= 0.6 is 0 Å². The maximum absolute atomic E-state index is 12.6. The Morgan fingerprint density at radius 1 is 1.26 bits per heavy atom. The average molecular weight is 323 g/mol. The first kappa shape index (κ1) is 15.3. The smallest absolute Gasteiger partial charge is 0.416 e. The number of pyridine rings is 2. The molecule has 1 saturated heterocycles. The molecule has 1 aliphatic rings. The maximum Gasteiger partial charge on any atom is 0.416 e. The van der Waals surface area contributed by atoms with Crippen molar-refractivity contribution in [2.75, 3.05) is 13.1 Å². The Bertz CT molecular complexity index is 701. The van der Waals surface area contributed by atoms with Crippen LogP contribution in [0.4, 0.5) is 13.2 Å². The second kappa shape index (κ2) is 5.86. The second-order valence-electron chi connectivity index (χ2n) is 5.07. The lowest BCUT2D eigenvalue weighted by Gasteiger charge is -2.38. The Labute approximate surface area is 129 Å². The van der Waals surface area contributed by atoms with Gasteiger partial charge in [0.1, 0.15) is 6.10 Å². The molecule has 23 heavy (non-hydrogen) atoms. The minimum atomic E-state index is -4.44. The monoisotopic (exact) mass is 323 g/mol. The molecular formula is C15H12F3N3O2. The largest absolute Gasteiger partial charge is 0.471 e. The van der Waals surface area contributed by atoms with Gasteiger partial charge in [0.15, 0.2) is 0 Å². The molecule has 0 saturated carbocycles. The van der Waals surface area contributed by atoms with Crippen LogP contribution in [-0.2, 0) is 6.18 Å². The molecule has 0 aromatic carbocycles. The molecule has 5 nitrogen and oxygen atoms in total. The van der Waals surface area contributed by atoms with E-state index in [1.165, 1.54) is 11.1 Å². The van der Waals surface area contributed by atoms with Gasteiger partial charge in [-0.2, -0.15) is 13.2 Å². The quantitative estimate of drug-likeness (QED) is 0.870. The van der Waals surface area contributed by atoms with Crippen molar-refractivity contribution in [3.63, 3.8) is 0 Å². The van der Waals surface area contributed by atoms with Crippen LogP contribution in [0.25, 0.3) is 0 Å². The molecule has 0 bridgehead atoms. The number of carbonyl (C=O) groups is 1. The lowest BCUT2D eigenvalue weighted by Crippen LogP contribution is -2.56. The van der Waals surface area contributed by atoms with Gasteiger partial charge >= 0.3 is 6.18 Å². The van der Waals surface area contributed by atoms with Crippen LogP contribution in [0.1, 0.15) is 15.9 Å². The summed E-state index contributed by atoms with van der Waals surface area (Å²) in [6, 6.07) is 5.04. The summed E-state index contributed by atoms with van der Waals surface area (Å²) >= 11 is 0. The standard InChI is InChI=1S/C15H12F3N3O2/c16-15(17,18)11-3-5-20-13(6-11)23-12-8-21(9-12)14(22)10-2-1-4-19-7-10/h1-7,12H,8-9H2. The molecule has 0 radical (unpaired) electrons. The molecule has 0 aliphatic carbocycles. The highest BCUT2D eigenvalue weighted by Crippen LogP contribution is 2.31. The molecule has 0 N–H and O–H groups in total. The second-order valence-corrected chi connectivity index (χ2v) is 5.07. The van der Waals surface area contributed by atoms with Crippen molar-refractivity contribution < 1.29 is 22.7 Å². The summed E-state index contributed by atoms with van der Waals surface area (Å²) in [6.07, 6.45) is -0.729. The number of hydrogen-bond acceptors (Lipinski definition) is 4. The van der Waals surface area contributed by atoms with Crippen molar-refractivity contribution in [2.24, 2.45) is 0 Å². The third kappa shape index (κ3) is 3.41. The normalized spacial score (nSPS) is 15.2. The van der Waals surface area contributed by atoms with E-state index in [9.17, 15) is 18.0 Å². The number of ether oxygens (including phenoxy) is 1. The number of amides is 1. The molecule has 3 heterocycles. The first-order valence-electron chi connectivity index (χ1n) is 6.83. The number of aromatic nitrogens is 2. The minimum absolute atomic E-state index is 0.0988. The van der Waals surface area contributed by atoms with Crippen molar-refractivity contribution in [3.8, 4) is 5.88 Å². The summed E-state index contributed by atoms with van der Waals surface area (Å²) in [6.45, 7) is 0.595. The summed E-state index contributed by atoms with van der Waals surface area (Å²) < 4.78 is 43.2. The van der Waals surface area contributed by atoms with Gasteiger partial charge in [-0.3, -0.25) is 9.78 Å². The Morgan fingerprint density at radius 3 is 2.70 bits per heavy atom. The maximum atomic E-state index is 12.6. The Kier molecular flexibility index (Phi) is 3.89. The third-order valence-corrected chi connectivity index (χ3v) is 3.39.